The third kappa shape index (κ3) is 34.0. The number of carbonyl (C=O) groups excluding carboxylic acids is 4. The van der Waals surface area contributed by atoms with Gasteiger partial charge >= 0.3 is 90.7 Å². The van der Waals surface area contributed by atoms with Crippen molar-refractivity contribution in [1.29, 1.82) is 0 Å². The summed E-state index contributed by atoms with van der Waals surface area (Å²) in [6.45, 7) is -0.238. The SMILES string of the molecule is O=C(O)CC[C@H](NC(=O)N[C@@H](CCCCNC(=O)[C@H](CCC(=O)O)NC(=O)[C@H](Cc1ccc(F)cc1)NC(=O)CCCCCNC(=S)Nc1ccc(CC2CN(CC(=O)O)CCN(CC(=O)O)CCN(CC(=O)O)CCN2CC(=O)O)cc1)C(=O)O)C(=O)O.[Lu+3]. The van der Waals surface area contributed by atoms with E-state index in [1.165, 1.54) is 12.1 Å². The summed E-state index contributed by atoms with van der Waals surface area (Å²) in [4.78, 5) is 153. The van der Waals surface area contributed by atoms with Gasteiger partial charge in [-0.3, -0.25) is 62.8 Å². The van der Waals surface area contributed by atoms with Crippen LogP contribution in [0.15, 0.2) is 48.5 Å². The normalized spacial score (nSPS) is 15.6. The molecule has 504 valence electrons. The third-order valence-corrected chi connectivity index (χ3v) is 14.2. The fraction of sp³-hybridized carbons (Fsp3) is 0.554. The van der Waals surface area contributed by atoms with Crippen LogP contribution in [0, 0.1) is 42.7 Å². The van der Waals surface area contributed by atoms with Gasteiger partial charge in [0, 0.05) is 96.3 Å². The third-order valence-electron chi connectivity index (χ3n) is 14.0. The summed E-state index contributed by atoms with van der Waals surface area (Å²) in [7, 11) is 0. The van der Waals surface area contributed by atoms with Gasteiger partial charge in [0.15, 0.2) is 5.11 Å². The quantitative estimate of drug-likeness (QED) is 0.0300. The molecule has 1 aliphatic heterocycles. The van der Waals surface area contributed by atoms with Gasteiger partial charge < -0.3 is 78.1 Å². The molecule has 2 aromatic carbocycles. The molecule has 1 heterocycles. The van der Waals surface area contributed by atoms with E-state index in [0.717, 1.165) is 17.7 Å². The summed E-state index contributed by atoms with van der Waals surface area (Å²) in [5.41, 5.74) is 1.80. The van der Waals surface area contributed by atoms with Crippen molar-refractivity contribution >= 4 is 94.5 Å². The van der Waals surface area contributed by atoms with Gasteiger partial charge in [-0.05, 0) is 99.0 Å². The molecule has 5 atom stereocenters. The second kappa shape index (κ2) is 42.5. The van der Waals surface area contributed by atoms with Crippen LogP contribution in [0.2, 0.25) is 0 Å². The van der Waals surface area contributed by atoms with Gasteiger partial charge in [-0.1, -0.05) is 30.7 Å². The molecule has 34 heteroatoms. The summed E-state index contributed by atoms with van der Waals surface area (Å²) in [5.74, 6) is -12.8. The van der Waals surface area contributed by atoms with Crippen molar-refractivity contribution in [2.45, 2.75) is 114 Å². The van der Waals surface area contributed by atoms with Gasteiger partial charge in [0.1, 0.15) is 30.0 Å². The van der Waals surface area contributed by atoms with Crippen LogP contribution in [0.25, 0.3) is 0 Å². The Balaban J connectivity index is 0.0000276. The average Bonchev–Trinajstić information content (AvgIpc) is 1.59. The van der Waals surface area contributed by atoms with Crippen LogP contribution in [-0.4, -0.2) is 252 Å². The number of halogens is 1. The number of benzene rings is 2. The van der Waals surface area contributed by atoms with E-state index in [4.69, 9.17) is 17.3 Å². The molecule has 0 radical (unpaired) electrons. The number of hydrogen-bond acceptors (Lipinski definition) is 17. The Morgan fingerprint density at radius 3 is 1.52 bits per heavy atom. The number of carbonyl (C=O) groups is 12. The van der Waals surface area contributed by atoms with Crippen molar-refractivity contribution in [1.82, 2.24) is 51.5 Å². The molecule has 0 spiro atoms. The van der Waals surface area contributed by atoms with Gasteiger partial charge in [0.05, 0.1) is 26.2 Å². The molecule has 3 rings (SSSR count). The predicted octanol–water partition coefficient (Wildman–Crippen LogP) is -0.422. The van der Waals surface area contributed by atoms with E-state index in [2.05, 4.69) is 31.9 Å². The van der Waals surface area contributed by atoms with E-state index < -0.39 is 140 Å². The summed E-state index contributed by atoms with van der Waals surface area (Å²) in [5, 5.41) is 94.3. The number of carboxylic acid groups (broad SMARTS) is 8. The van der Waals surface area contributed by atoms with Crippen LogP contribution in [0.5, 0.6) is 0 Å². The minimum Gasteiger partial charge on any atom is -0.481 e. The van der Waals surface area contributed by atoms with E-state index in [9.17, 15) is 97.7 Å². The van der Waals surface area contributed by atoms with Crippen LogP contribution < -0.4 is 37.2 Å². The van der Waals surface area contributed by atoms with Crippen molar-refractivity contribution in [2.75, 3.05) is 90.4 Å². The van der Waals surface area contributed by atoms with Crippen molar-refractivity contribution < 1.29 is 140 Å². The minimum atomic E-state index is -1.61. The molecule has 1 unspecified atom stereocenters. The van der Waals surface area contributed by atoms with Gasteiger partial charge in [-0.25, -0.2) is 18.8 Å². The molecular weight excluding hydrogens is 1370 g/mol. The fourth-order valence-corrected chi connectivity index (χ4v) is 9.63. The van der Waals surface area contributed by atoms with Crippen LogP contribution >= 0.6 is 12.2 Å². The standard InChI is InChI=1S/C56H80FN11O20S.Lu/c57-37-12-8-36(9-13-37)29-43(52(83)62-40(16-18-45(70)71)51(82)58-20-5-3-6-41(53(84)85)63-55(88)64-42(54(86)87)17-19-46(72)73)61-44(69)7-2-1-4-21-59-56(89)60-38-14-10-35(11-15-38)28-39-30-67(33-49(78)79)25-24-65(31-47(74)75)22-23-66(32-48(76)77)26-27-68(39)34-50(80)81;/h8-15,39-43H,1-7,16-34H2,(H,58,82)(H,61,69)(H,62,83)(H,70,71)(H,72,73)(H,74,75)(H,76,77)(H,78,79)(H,80,81)(H,84,85)(H,86,87)(H2,59,60,89)(H2,63,64,88);/q;+3/t39?,40-,41-,42-,43-;/m0./s1. The number of amides is 5. The molecule has 0 aromatic heterocycles. The maximum absolute atomic E-state index is 13.8. The topological polar surface area (TPSA) is 464 Å². The molecule has 5 amide bonds. The first kappa shape index (κ1) is 78.7. The summed E-state index contributed by atoms with van der Waals surface area (Å²) in [6, 6.07) is 4.60. The van der Waals surface area contributed by atoms with Crippen molar-refractivity contribution in [3.8, 4) is 0 Å². The molecular formula is C56H80FLuN11O20S+3. The Hall–Kier alpha value is -7.43. The zero-order chi connectivity index (χ0) is 66.0. The number of anilines is 1. The monoisotopic (exact) mass is 1450 g/mol. The molecule has 0 bridgehead atoms. The zero-order valence-electron chi connectivity index (χ0n) is 49.2. The summed E-state index contributed by atoms with van der Waals surface area (Å²) >= 11 is 5.51. The first-order valence-electron chi connectivity index (χ1n) is 28.7. The number of nitrogens with one attached hydrogen (secondary N) is 7. The Kier molecular flexibility index (Phi) is 37.2. The molecule has 1 saturated heterocycles. The van der Waals surface area contributed by atoms with Gasteiger partial charge in [0.25, 0.3) is 0 Å². The first-order chi connectivity index (χ1) is 42.1. The van der Waals surface area contributed by atoms with Gasteiger partial charge in [-0.2, -0.15) is 0 Å². The number of thiocarbonyl (C=S) groups is 1. The van der Waals surface area contributed by atoms with E-state index in [1.807, 2.05) is 5.32 Å². The van der Waals surface area contributed by atoms with Crippen LogP contribution in [0.3, 0.4) is 0 Å². The molecule has 90 heavy (non-hydrogen) atoms. The number of hydrogen-bond donors (Lipinski definition) is 15. The number of carboxylic acids is 8. The van der Waals surface area contributed by atoms with Crippen LogP contribution in [-0.2, 0) is 65.6 Å². The van der Waals surface area contributed by atoms with Gasteiger partial charge in [-0.15, -0.1) is 0 Å². The molecule has 15 N–H and O–H groups in total. The average molecular weight is 1450 g/mol. The maximum Gasteiger partial charge on any atom is 3.00 e. The largest absolute Gasteiger partial charge is 3.00 e. The van der Waals surface area contributed by atoms with E-state index >= 15 is 0 Å². The zero-order valence-corrected chi connectivity index (χ0v) is 51.7. The van der Waals surface area contributed by atoms with Crippen LogP contribution in [0.1, 0.15) is 81.8 Å². The Bertz CT molecular complexity index is 2740. The predicted molar refractivity (Wildman–Crippen MR) is 317 cm³/mol. The Morgan fingerprint density at radius 2 is 0.978 bits per heavy atom. The number of unbranched alkanes of at least 4 members (excludes halogenated alkanes) is 3. The summed E-state index contributed by atoms with van der Waals surface area (Å²) < 4.78 is 13.8. The second-order valence-corrected chi connectivity index (χ2v) is 21.6. The second-order valence-electron chi connectivity index (χ2n) is 21.1. The maximum atomic E-state index is 13.8. The number of aliphatic carboxylic acids is 8. The van der Waals surface area contributed by atoms with Crippen LogP contribution in [0.4, 0.5) is 14.9 Å². The van der Waals surface area contributed by atoms with E-state index in [-0.39, 0.29) is 152 Å². The first-order valence-corrected chi connectivity index (χ1v) is 29.1. The molecule has 0 aliphatic carbocycles. The van der Waals surface area contributed by atoms with Crippen molar-refractivity contribution in [3.05, 3.63) is 65.5 Å². The van der Waals surface area contributed by atoms with Crippen molar-refractivity contribution in [2.24, 2.45) is 0 Å². The number of rotatable bonds is 38. The summed E-state index contributed by atoms with van der Waals surface area (Å²) in [6.07, 6.45) is -0.425. The number of urea groups is 1. The molecule has 1 aliphatic rings. The number of nitrogens with zero attached hydrogens (tertiary/aromatic N) is 4. The smallest absolute Gasteiger partial charge is 0.481 e. The van der Waals surface area contributed by atoms with E-state index in [1.54, 1.807) is 43.9 Å². The van der Waals surface area contributed by atoms with Gasteiger partial charge in [0.2, 0.25) is 17.7 Å². The Labute approximate surface area is 552 Å². The Morgan fingerprint density at radius 1 is 0.489 bits per heavy atom. The molecule has 0 saturated carbocycles. The van der Waals surface area contributed by atoms with E-state index in [0.29, 0.717) is 37.1 Å². The molecule has 2 aromatic rings. The van der Waals surface area contributed by atoms with Crippen molar-refractivity contribution in [3.63, 3.8) is 0 Å². The molecule has 31 nitrogen and oxygen atoms in total. The fourth-order valence-electron chi connectivity index (χ4n) is 9.41. The minimum absolute atomic E-state index is 0. The molecule has 1 fully saturated rings.